The molecule has 0 aromatic carbocycles. The van der Waals surface area contributed by atoms with Crippen molar-refractivity contribution in [3.63, 3.8) is 0 Å². The second-order valence-electron chi connectivity index (χ2n) is 2.97. The second kappa shape index (κ2) is 5.24. The fraction of sp³-hybridized carbons (Fsp3) is 1.00. The molecular weight excluding hydrogens is 140 g/mol. The van der Waals surface area contributed by atoms with Crippen molar-refractivity contribution in [1.82, 2.24) is 0 Å². The Morgan fingerprint density at radius 2 is 2.00 bits per heavy atom. The molecule has 0 aliphatic rings. The Balaban J connectivity index is 3.55. The third kappa shape index (κ3) is 5.98. The zero-order valence-corrected chi connectivity index (χ0v) is 7.67. The van der Waals surface area contributed by atoms with Gasteiger partial charge in [0.1, 0.15) is 0 Å². The van der Waals surface area contributed by atoms with Crippen molar-refractivity contribution in [2.75, 3.05) is 7.05 Å². The lowest BCUT2D eigenvalue weighted by Crippen LogP contribution is -2.19. The summed E-state index contributed by atoms with van der Waals surface area (Å²) in [6, 6.07) is 0. The molecule has 0 bridgehead atoms. The van der Waals surface area contributed by atoms with Crippen molar-refractivity contribution < 1.29 is 5.11 Å². The molecule has 0 rings (SSSR count). The van der Waals surface area contributed by atoms with Crippen molar-refractivity contribution in [3.05, 3.63) is 0 Å². The fourth-order valence-electron chi connectivity index (χ4n) is 0.975. The van der Waals surface area contributed by atoms with Crippen LogP contribution in [0.3, 0.4) is 0 Å². The predicted octanol–water partition coefficient (Wildman–Crippen LogP) is 2.36. The molecule has 11 heavy (non-hydrogen) atoms. The average Bonchev–Trinajstić information content (AvgIpc) is 1.87. The fourth-order valence-corrected chi connectivity index (χ4v) is 0.975. The zero-order chi connectivity index (χ0) is 8.74. The molecule has 0 aliphatic heterocycles. The van der Waals surface area contributed by atoms with E-state index in [0.29, 0.717) is 6.42 Å². The lowest BCUT2D eigenvalue weighted by atomic mass is 10.1. The lowest BCUT2D eigenvalue weighted by Gasteiger charge is -2.15. The average molecular weight is 158 g/mol. The normalized spacial score (nSPS) is 17.1. The van der Waals surface area contributed by atoms with E-state index in [-0.39, 0.29) is 0 Å². The number of aliphatic hydroxyl groups is 1. The molecular formula is C8H18N2O. The highest BCUT2D eigenvalue weighted by molar-refractivity contribution is 4.66. The molecule has 0 saturated heterocycles. The van der Waals surface area contributed by atoms with Crippen molar-refractivity contribution >= 4 is 0 Å². The second-order valence-corrected chi connectivity index (χ2v) is 2.97. The van der Waals surface area contributed by atoms with Crippen LogP contribution in [-0.4, -0.2) is 17.9 Å². The highest BCUT2D eigenvalue weighted by Gasteiger charge is 2.17. The maximum Gasteiger partial charge on any atom is 0.173 e. The van der Waals surface area contributed by atoms with Gasteiger partial charge in [-0.1, -0.05) is 19.8 Å². The van der Waals surface area contributed by atoms with Gasteiger partial charge in [0.2, 0.25) is 0 Å². The molecule has 0 amide bonds. The van der Waals surface area contributed by atoms with E-state index in [1.807, 2.05) is 0 Å². The van der Waals surface area contributed by atoms with E-state index >= 15 is 0 Å². The molecule has 0 saturated carbocycles. The largest absolute Gasteiger partial charge is 0.368 e. The first-order valence-electron chi connectivity index (χ1n) is 4.16. The standard InChI is InChI=1S/C8H18N2O/c1-4-5-6-7-8(2,11)10-9-3/h11H,4-7H2,1-3H3/b10-9+. The van der Waals surface area contributed by atoms with Gasteiger partial charge in [-0.05, 0) is 19.8 Å². The summed E-state index contributed by atoms with van der Waals surface area (Å²) in [5.74, 6) is 0. The Kier molecular flexibility index (Phi) is 5.03. The van der Waals surface area contributed by atoms with Crippen LogP contribution in [0.1, 0.15) is 39.5 Å². The lowest BCUT2D eigenvalue weighted by molar-refractivity contribution is 0.0500. The highest BCUT2D eigenvalue weighted by atomic mass is 16.3. The molecule has 0 heterocycles. The minimum Gasteiger partial charge on any atom is -0.368 e. The molecule has 1 unspecified atom stereocenters. The number of hydrogen-bond donors (Lipinski definition) is 1. The van der Waals surface area contributed by atoms with Crippen molar-refractivity contribution in [1.29, 1.82) is 0 Å². The van der Waals surface area contributed by atoms with Gasteiger partial charge >= 0.3 is 0 Å². The van der Waals surface area contributed by atoms with Crippen LogP contribution in [0.25, 0.3) is 0 Å². The smallest absolute Gasteiger partial charge is 0.173 e. The van der Waals surface area contributed by atoms with Crippen LogP contribution in [0, 0.1) is 0 Å². The maximum absolute atomic E-state index is 9.48. The van der Waals surface area contributed by atoms with E-state index in [4.69, 9.17) is 0 Å². The minimum absolute atomic E-state index is 0.707. The van der Waals surface area contributed by atoms with E-state index in [1.54, 1.807) is 14.0 Å². The van der Waals surface area contributed by atoms with Gasteiger partial charge in [0.25, 0.3) is 0 Å². The monoisotopic (exact) mass is 158 g/mol. The van der Waals surface area contributed by atoms with E-state index in [9.17, 15) is 5.11 Å². The molecule has 3 nitrogen and oxygen atoms in total. The van der Waals surface area contributed by atoms with E-state index in [0.717, 1.165) is 12.8 Å². The van der Waals surface area contributed by atoms with E-state index < -0.39 is 5.72 Å². The Hall–Kier alpha value is -0.440. The number of rotatable bonds is 5. The molecule has 3 heteroatoms. The highest BCUT2D eigenvalue weighted by Crippen LogP contribution is 2.15. The van der Waals surface area contributed by atoms with Crippen molar-refractivity contribution in [2.24, 2.45) is 10.2 Å². The first kappa shape index (κ1) is 10.6. The summed E-state index contributed by atoms with van der Waals surface area (Å²) < 4.78 is 0. The Morgan fingerprint density at radius 3 is 2.45 bits per heavy atom. The summed E-state index contributed by atoms with van der Waals surface area (Å²) in [5.41, 5.74) is -0.941. The van der Waals surface area contributed by atoms with E-state index in [1.165, 1.54) is 6.42 Å². The van der Waals surface area contributed by atoms with Gasteiger partial charge in [-0.2, -0.15) is 10.2 Å². The van der Waals surface area contributed by atoms with Crippen LogP contribution in [0.5, 0.6) is 0 Å². The predicted molar refractivity (Wildman–Crippen MR) is 45.5 cm³/mol. The molecule has 66 valence electrons. The van der Waals surface area contributed by atoms with Gasteiger partial charge < -0.3 is 5.11 Å². The van der Waals surface area contributed by atoms with E-state index in [2.05, 4.69) is 17.2 Å². The molecule has 0 aliphatic carbocycles. The van der Waals surface area contributed by atoms with Gasteiger partial charge in [0.05, 0.1) is 0 Å². The molecule has 0 aromatic heterocycles. The van der Waals surface area contributed by atoms with Crippen molar-refractivity contribution in [2.45, 2.75) is 45.3 Å². The van der Waals surface area contributed by atoms with Crippen molar-refractivity contribution in [3.8, 4) is 0 Å². The Bertz CT molecular complexity index is 121. The summed E-state index contributed by atoms with van der Waals surface area (Å²) in [6.07, 6.45) is 4.04. The third-order valence-electron chi connectivity index (χ3n) is 1.57. The zero-order valence-electron chi connectivity index (χ0n) is 7.67. The number of hydrogen-bond acceptors (Lipinski definition) is 3. The van der Waals surface area contributed by atoms with Crippen LogP contribution in [0.2, 0.25) is 0 Å². The molecule has 1 atom stereocenters. The maximum atomic E-state index is 9.48. The molecule has 0 fully saturated rings. The van der Waals surface area contributed by atoms with Crippen LogP contribution in [-0.2, 0) is 0 Å². The first-order valence-corrected chi connectivity index (χ1v) is 4.16. The topological polar surface area (TPSA) is 45.0 Å². The van der Waals surface area contributed by atoms with Crippen LogP contribution >= 0.6 is 0 Å². The van der Waals surface area contributed by atoms with Gasteiger partial charge in [-0.3, -0.25) is 0 Å². The van der Waals surface area contributed by atoms with Gasteiger partial charge in [-0.25, -0.2) is 0 Å². The summed E-state index contributed by atoms with van der Waals surface area (Å²) in [5, 5.41) is 16.8. The third-order valence-corrected chi connectivity index (χ3v) is 1.57. The quantitative estimate of drug-likeness (QED) is 0.484. The Labute approximate surface area is 68.5 Å². The first-order chi connectivity index (χ1) is 5.12. The van der Waals surface area contributed by atoms with Crippen LogP contribution in [0.4, 0.5) is 0 Å². The van der Waals surface area contributed by atoms with Gasteiger partial charge in [0, 0.05) is 7.05 Å². The molecule has 0 spiro atoms. The van der Waals surface area contributed by atoms with Crippen LogP contribution < -0.4 is 0 Å². The summed E-state index contributed by atoms with van der Waals surface area (Å²) >= 11 is 0. The number of unbranched alkanes of at least 4 members (excludes halogenated alkanes) is 2. The summed E-state index contributed by atoms with van der Waals surface area (Å²) in [6.45, 7) is 3.83. The van der Waals surface area contributed by atoms with Gasteiger partial charge in [0.15, 0.2) is 5.72 Å². The molecule has 0 radical (unpaired) electrons. The molecule has 1 N–H and O–H groups in total. The minimum atomic E-state index is -0.941. The van der Waals surface area contributed by atoms with Crippen LogP contribution in [0.15, 0.2) is 10.2 Å². The molecule has 0 aromatic rings. The number of azo groups is 1. The Morgan fingerprint density at radius 1 is 1.36 bits per heavy atom. The van der Waals surface area contributed by atoms with Gasteiger partial charge in [-0.15, -0.1) is 0 Å². The SMILES string of the molecule is CCCCCC(C)(O)/N=N/C. The summed E-state index contributed by atoms with van der Waals surface area (Å²) in [4.78, 5) is 0. The summed E-state index contributed by atoms with van der Waals surface area (Å²) in [7, 11) is 1.58. The number of nitrogens with zero attached hydrogens (tertiary/aromatic N) is 2.